The Hall–Kier alpha value is -2.72. The van der Waals surface area contributed by atoms with Gasteiger partial charge in [-0.2, -0.15) is 0 Å². The van der Waals surface area contributed by atoms with E-state index in [9.17, 15) is 10.2 Å². The lowest BCUT2D eigenvalue weighted by molar-refractivity contribution is 0.0490. The number of benzene rings is 2. The lowest BCUT2D eigenvalue weighted by Gasteiger charge is -2.09. The highest BCUT2D eigenvalue weighted by Gasteiger charge is 2.06. The van der Waals surface area contributed by atoms with E-state index in [4.69, 9.17) is 9.47 Å². The molecule has 4 heteroatoms. The van der Waals surface area contributed by atoms with Gasteiger partial charge < -0.3 is 19.7 Å². The summed E-state index contributed by atoms with van der Waals surface area (Å²) >= 11 is 0. The van der Waals surface area contributed by atoms with Crippen LogP contribution in [0.15, 0.2) is 54.6 Å². The molecule has 2 aromatic carbocycles. The minimum atomic E-state index is 0.0977. The van der Waals surface area contributed by atoms with Gasteiger partial charge in [0.05, 0.1) is 0 Å². The average molecular weight is 340 g/mol. The van der Waals surface area contributed by atoms with Gasteiger partial charge in [0.2, 0.25) is 0 Å². The minimum absolute atomic E-state index is 0.0977. The van der Waals surface area contributed by atoms with E-state index < -0.39 is 0 Å². The summed E-state index contributed by atoms with van der Waals surface area (Å²) in [5.41, 5.74) is 1.91. The minimum Gasteiger partial charge on any atom is -0.508 e. The molecule has 25 heavy (non-hydrogen) atoms. The summed E-state index contributed by atoms with van der Waals surface area (Å²) in [4.78, 5) is 0. The van der Waals surface area contributed by atoms with Crippen LogP contribution in [0.25, 0.3) is 12.2 Å². The number of rotatable bonds is 9. The number of unbranched alkanes of at least 4 members (excludes halogenated alkanes) is 2. The highest BCUT2D eigenvalue weighted by Crippen LogP contribution is 2.31. The van der Waals surface area contributed by atoms with Gasteiger partial charge in [-0.05, 0) is 43.0 Å². The Bertz CT molecular complexity index is 702. The third-order valence-corrected chi connectivity index (χ3v) is 3.59. The molecule has 0 saturated carbocycles. The van der Waals surface area contributed by atoms with E-state index >= 15 is 0 Å². The van der Waals surface area contributed by atoms with E-state index in [0.29, 0.717) is 5.75 Å². The average Bonchev–Trinajstić information content (AvgIpc) is 2.62. The van der Waals surface area contributed by atoms with Crippen molar-refractivity contribution in [3.8, 4) is 17.2 Å². The van der Waals surface area contributed by atoms with E-state index in [1.165, 1.54) is 0 Å². The van der Waals surface area contributed by atoms with Gasteiger partial charge in [0.25, 0.3) is 0 Å². The normalized spacial score (nSPS) is 11.4. The maximum Gasteiger partial charge on any atom is 0.188 e. The lowest BCUT2D eigenvalue weighted by atomic mass is 10.1. The molecular formula is C21H24O4. The molecule has 0 aliphatic heterocycles. The van der Waals surface area contributed by atoms with Gasteiger partial charge >= 0.3 is 0 Å². The van der Waals surface area contributed by atoms with Crippen molar-refractivity contribution in [2.45, 2.75) is 19.3 Å². The number of ether oxygens (including phenoxy) is 2. The summed E-state index contributed by atoms with van der Waals surface area (Å²) in [5, 5.41) is 19.1. The molecule has 0 fully saturated rings. The van der Waals surface area contributed by atoms with E-state index in [0.717, 1.165) is 30.4 Å². The second kappa shape index (κ2) is 10.2. The molecule has 132 valence electrons. The van der Waals surface area contributed by atoms with Crippen LogP contribution in [0.4, 0.5) is 0 Å². The van der Waals surface area contributed by atoms with Crippen LogP contribution in [0.5, 0.6) is 17.2 Å². The van der Waals surface area contributed by atoms with Crippen LogP contribution in [-0.4, -0.2) is 24.1 Å². The van der Waals surface area contributed by atoms with E-state index in [1.807, 2.05) is 24.3 Å². The van der Waals surface area contributed by atoms with Gasteiger partial charge in [0, 0.05) is 12.7 Å². The molecule has 0 bridgehead atoms. The molecule has 0 aliphatic rings. The summed E-state index contributed by atoms with van der Waals surface area (Å²) in [6.07, 6.45) is 11.1. The quantitative estimate of drug-likeness (QED) is 0.499. The van der Waals surface area contributed by atoms with Crippen molar-refractivity contribution in [2.24, 2.45) is 0 Å². The molecule has 0 amide bonds. The molecule has 2 rings (SSSR count). The number of hydrogen-bond acceptors (Lipinski definition) is 4. The summed E-state index contributed by atoms with van der Waals surface area (Å²) in [6.45, 7) is 0.0977. The summed E-state index contributed by atoms with van der Waals surface area (Å²) in [7, 11) is 1.54. The Morgan fingerprint density at radius 1 is 0.920 bits per heavy atom. The zero-order valence-electron chi connectivity index (χ0n) is 14.4. The van der Waals surface area contributed by atoms with Crippen molar-refractivity contribution in [3.05, 3.63) is 65.7 Å². The Morgan fingerprint density at radius 2 is 1.64 bits per heavy atom. The topological polar surface area (TPSA) is 58.9 Å². The van der Waals surface area contributed by atoms with E-state index in [1.54, 1.807) is 31.4 Å². The monoisotopic (exact) mass is 340 g/mol. The highest BCUT2D eigenvalue weighted by atomic mass is 16.7. The number of aromatic hydroxyl groups is 2. The van der Waals surface area contributed by atoms with E-state index in [-0.39, 0.29) is 18.3 Å². The van der Waals surface area contributed by atoms with Crippen LogP contribution in [0.1, 0.15) is 30.4 Å². The Morgan fingerprint density at radius 3 is 2.36 bits per heavy atom. The third kappa shape index (κ3) is 6.36. The van der Waals surface area contributed by atoms with Crippen molar-refractivity contribution in [2.75, 3.05) is 13.9 Å². The lowest BCUT2D eigenvalue weighted by Crippen LogP contribution is -2.00. The number of allylic oxidation sites excluding steroid dienone is 2. The summed E-state index contributed by atoms with van der Waals surface area (Å²) in [6, 6.07) is 12.4. The van der Waals surface area contributed by atoms with Crippen molar-refractivity contribution >= 4 is 12.2 Å². The standard InChI is InChI=1S/C21H24O4/c1-24-16-25-21-18(10-7-11-20(21)23)9-6-4-2-3-5-8-17-12-14-19(22)15-13-17/h5-15,22-23H,2-4,16H2,1H3/b8-5+,9-6+. The van der Waals surface area contributed by atoms with Crippen molar-refractivity contribution in [1.29, 1.82) is 0 Å². The van der Waals surface area contributed by atoms with Crippen LogP contribution in [0.3, 0.4) is 0 Å². The molecule has 0 radical (unpaired) electrons. The van der Waals surface area contributed by atoms with Gasteiger partial charge in [-0.1, -0.05) is 48.6 Å². The predicted molar refractivity (Wildman–Crippen MR) is 101 cm³/mol. The molecule has 2 N–H and O–H groups in total. The van der Waals surface area contributed by atoms with Gasteiger partial charge in [-0.3, -0.25) is 0 Å². The maximum absolute atomic E-state index is 9.88. The summed E-state index contributed by atoms with van der Waals surface area (Å²) in [5.74, 6) is 0.826. The molecule has 0 saturated heterocycles. The summed E-state index contributed by atoms with van der Waals surface area (Å²) < 4.78 is 10.3. The fraction of sp³-hybridized carbons (Fsp3) is 0.238. The van der Waals surface area contributed by atoms with Crippen LogP contribution >= 0.6 is 0 Å². The molecule has 0 aromatic heterocycles. The Labute approximate surface area is 148 Å². The van der Waals surface area contributed by atoms with Crippen LogP contribution in [0.2, 0.25) is 0 Å². The molecule has 4 nitrogen and oxygen atoms in total. The Balaban J connectivity index is 1.79. The van der Waals surface area contributed by atoms with Gasteiger partial charge in [-0.25, -0.2) is 0 Å². The maximum atomic E-state index is 9.88. The zero-order chi connectivity index (χ0) is 17.9. The smallest absolute Gasteiger partial charge is 0.188 e. The molecule has 0 atom stereocenters. The fourth-order valence-electron chi connectivity index (χ4n) is 2.32. The fourth-order valence-corrected chi connectivity index (χ4v) is 2.32. The van der Waals surface area contributed by atoms with Gasteiger partial charge in [-0.15, -0.1) is 0 Å². The SMILES string of the molecule is COCOc1c(O)cccc1/C=C/CCC/C=C/c1ccc(O)cc1. The first kappa shape index (κ1) is 18.6. The van der Waals surface area contributed by atoms with Gasteiger partial charge in [0.1, 0.15) is 5.75 Å². The predicted octanol–water partition coefficient (Wildman–Crippen LogP) is 4.98. The van der Waals surface area contributed by atoms with Crippen molar-refractivity contribution in [3.63, 3.8) is 0 Å². The third-order valence-electron chi connectivity index (χ3n) is 3.59. The van der Waals surface area contributed by atoms with Crippen LogP contribution in [-0.2, 0) is 4.74 Å². The first-order chi connectivity index (χ1) is 12.2. The highest BCUT2D eigenvalue weighted by molar-refractivity contribution is 5.61. The first-order valence-corrected chi connectivity index (χ1v) is 8.26. The largest absolute Gasteiger partial charge is 0.508 e. The van der Waals surface area contributed by atoms with Crippen LogP contribution < -0.4 is 4.74 Å². The second-order valence-corrected chi connectivity index (χ2v) is 5.57. The number of para-hydroxylation sites is 1. The van der Waals surface area contributed by atoms with Crippen LogP contribution in [0, 0.1) is 0 Å². The second-order valence-electron chi connectivity index (χ2n) is 5.57. The number of phenolic OH excluding ortho intramolecular Hbond substituents is 2. The molecule has 0 heterocycles. The van der Waals surface area contributed by atoms with Crippen molar-refractivity contribution in [1.82, 2.24) is 0 Å². The molecule has 0 spiro atoms. The van der Waals surface area contributed by atoms with Gasteiger partial charge in [0.15, 0.2) is 18.3 Å². The zero-order valence-corrected chi connectivity index (χ0v) is 14.4. The molecular weight excluding hydrogens is 316 g/mol. The Kier molecular flexibility index (Phi) is 7.60. The van der Waals surface area contributed by atoms with E-state index in [2.05, 4.69) is 18.2 Å². The number of hydrogen-bond donors (Lipinski definition) is 2. The first-order valence-electron chi connectivity index (χ1n) is 8.26. The molecule has 2 aromatic rings. The molecule has 0 aliphatic carbocycles. The number of phenols is 2. The molecule has 0 unspecified atom stereocenters. The van der Waals surface area contributed by atoms with Crippen molar-refractivity contribution < 1.29 is 19.7 Å². The number of methoxy groups -OCH3 is 1.